The number of aliphatic hydroxyl groups is 1. The Hall–Kier alpha value is -0.930. The molecule has 1 aromatic rings. The highest BCUT2D eigenvalue weighted by Gasteiger charge is 2.77. The molecule has 0 aliphatic heterocycles. The van der Waals surface area contributed by atoms with Crippen LogP contribution in [0.2, 0.25) is 0 Å². The highest BCUT2D eigenvalue weighted by atomic mass is 16.5. The van der Waals surface area contributed by atoms with Gasteiger partial charge in [0.25, 0.3) is 0 Å². The number of methoxy groups -OCH3 is 1. The summed E-state index contributed by atoms with van der Waals surface area (Å²) < 4.78 is 6.32. The molecule has 0 aromatic carbocycles. The third kappa shape index (κ3) is 3.32. The van der Waals surface area contributed by atoms with Crippen molar-refractivity contribution >= 4 is 0 Å². The lowest BCUT2D eigenvalue weighted by Crippen LogP contribution is -2.57. The first-order valence-electron chi connectivity index (χ1n) is 14.8. The van der Waals surface area contributed by atoms with Gasteiger partial charge in [-0.3, -0.25) is 4.98 Å². The van der Waals surface area contributed by atoms with Gasteiger partial charge in [0.15, 0.2) is 0 Å². The lowest BCUT2D eigenvalue weighted by molar-refractivity contribution is -0.161. The summed E-state index contributed by atoms with van der Waals surface area (Å²) in [6, 6.07) is 4.01. The molecule has 35 heavy (non-hydrogen) atoms. The number of ether oxygens (including phenoxy) is 1. The van der Waals surface area contributed by atoms with Crippen LogP contribution < -0.4 is 0 Å². The van der Waals surface area contributed by atoms with Crippen molar-refractivity contribution in [1.82, 2.24) is 4.98 Å². The molecule has 1 N–H and O–H groups in total. The third-order valence-corrected chi connectivity index (χ3v) is 13.0. The zero-order valence-corrected chi connectivity index (χ0v) is 23.1. The number of rotatable bonds is 6. The second kappa shape index (κ2) is 8.03. The predicted molar refractivity (Wildman–Crippen MR) is 141 cm³/mol. The van der Waals surface area contributed by atoms with Crippen LogP contribution in [0, 0.1) is 51.8 Å². The second-order valence-corrected chi connectivity index (χ2v) is 14.5. The predicted octanol–water partition coefficient (Wildman–Crippen LogP) is 7.16. The average molecular weight is 480 g/mol. The minimum atomic E-state index is -0.831. The Balaban J connectivity index is 1.20. The molecule has 194 valence electrons. The summed E-state index contributed by atoms with van der Waals surface area (Å²) in [5.74, 6) is 5.13. The smallest absolute Gasteiger partial charge is 0.0858 e. The zero-order valence-electron chi connectivity index (χ0n) is 23.1. The number of aryl methyl sites for hydroxylation is 1. The Labute approximate surface area is 213 Å². The lowest BCUT2D eigenvalue weighted by atomic mass is 9.45. The van der Waals surface area contributed by atoms with Crippen molar-refractivity contribution in [2.45, 2.75) is 111 Å². The Morgan fingerprint density at radius 2 is 1.94 bits per heavy atom. The molecule has 2 unspecified atom stereocenters. The zero-order chi connectivity index (χ0) is 24.8. The highest BCUT2D eigenvalue weighted by Crippen LogP contribution is 2.82. The molecule has 3 heteroatoms. The van der Waals surface area contributed by atoms with E-state index in [9.17, 15) is 5.11 Å². The third-order valence-electron chi connectivity index (χ3n) is 13.0. The summed E-state index contributed by atoms with van der Waals surface area (Å²) >= 11 is 0. The van der Waals surface area contributed by atoms with Gasteiger partial charge in [-0.15, -0.1) is 0 Å². The van der Waals surface area contributed by atoms with Crippen molar-refractivity contribution in [1.29, 1.82) is 0 Å². The normalized spacial score (nSPS) is 46.9. The fraction of sp³-hybridized carbons (Fsp3) is 0.844. The summed E-state index contributed by atoms with van der Waals surface area (Å²) in [5, 5.41) is 10.7. The molecule has 10 atom stereocenters. The van der Waals surface area contributed by atoms with E-state index in [-0.39, 0.29) is 0 Å². The fourth-order valence-corrected chi connectivity index (χ4v) is 11.3. The van der Waals surface area contributed by atoms with Crippen molar-refractivity contribution in [3.63, 3.8) is 0 Å². The average Bonchev–Trinajstić information content (AvgIpc) is 3.33. The van der Waals surface area contributed by atoms with Gasteiger partial charge in [-0.2, -0.15) is 0 Å². The Morgan fingerprint density at radius 1 is 1.14 bits per heavy atom. The van der Waals surface area contributed by atoms with Gasteiger partial charge in [0.05, 0.1) is 11.7 Å². The number of pyridine rings is 1. The van der Waals surface area contributed by atoms with E-state index in [1.54, 1.807) is 0 Å². The molecule has 5 aliphatic rings. The van der Waals surface area contributed by atoms with E-state index in [2.05, 4.69) is 31.8 Å². The van der Waals surface area contributed by atoms with E-state index in [1.807, 2.05) is 33.2 Å². The van der Waals surface area contributed by atoms with Gasteiger partial charge in [-0.1, -0.05) is 26.8 Å². The molecule has 6 rings (SSSR count). The van der Waals surface area contributed by atoms with Gasteiger partial charge in [0.2, 0.25) is 0 Å². The van der Waals surface area contributed by atoms with Crippen molar-refractivity contribution in [3.8, 4) is 0 Å². The SMILES string of the molecule is COC1C[C@H]2[C@@H]3CC[C@H](C(C)CCc4ncccc4C(C)(C)O)[C@@]3(C)CC[C@@H]2[C@@]2(C)CC[C@@H]3C[C@@]132. The molecule has 0 amide bonds. The van der Waals surface area contributed by atoms with Gasteiger partial charge >= 0.3 is 0 Å². The van der Waals surface area contributed by atoms with Crippen LogP contribution in [0.3, 0.4) is 0 Å². The van der Waals surface area contributed by atoms with Crippen LogP contribution in [0.4, 0.5) is 0 Å². The minimum absolute atomic E-state index is 0.477. The molecule has 0 radical (unpaired) electrons. The molecule has 1 spiro atoms. The quantitative estimate of drug-likeness (QED) is 0.470. The van der Waals surface area contributed by atoms with Gasteiger partial charge < -0.3 is 9.84 Å². The number of hydrogen-bond acceptors (Lipinski definition) is 3. The highest BCUT2D eigenvalue weighted by molar-refractivity contribution is 5.27. The molecule has 5 fully saturated rings. The Morgan fingerprint density at radius 3 is 2.66 bits per heavy atom. The monoisotopic (exact) mass is 479 g/mol. The molecule has 0 saturated heterocycles. The van der Waals surface area contributed by atoms with Gasteiger partial charge in [-0.05, 0) is 130 Å². The van der Waals surface area contributed by atoms with E-state index in [0.717, 1.165) is 47.3 Å². The molecular formula is C32H49NO2. The van der Waals surface area contributed by atoms with Crippen LogP contribution in [0.1, 0.15) is 104 Å². The molecule has 3 nitrogen and oxygen atoms in total. The van der Waals surface area contributed by atoms with Gasteiger partial charge in [0, 0.05) is 30.0 Å². The Bertz CT molecular complexity index is 969. The first-order valence-corrected chi connectivity index (χ1v) is 14.8. The van der Waals surface area contributed by atoms with Crippen molar-refractivity contribution in [3.05, 3.63) is 29.6 Å². The summed E-state index contributed by atoms with van der Waals surface area (Å²) in [5.41, 5.74) is 2.78. The van der Waals surface area contributed by atoms with E-state index in [0.29, 0.717) is 28.3 Å². The first-order chi connectivity index (χ1) is 16.6. The van der Waals surface area contributed by atoms with Crippen LogP contribution in [-0.4, -0.2) is 23.3 Å². The van der Waals surface area contributed by atoms with Gasteiger partial charge in [0.1, 0.15) is 0 Å². The number of fused-ring (bicyclic) bond motifs is 4. The molecule has 0 bridgehead atoms. The van der Waals surface area contributed by atoms with E-state index in [4.69, 9.17) is 4.74 Å². The van der Waals surface area contributed by atoms with Crippen molar-refractivity contribution in [2.75, 3.05) is 7.11 Å². The summed E-state index contributed by atoms with van der Waals surface area (Å²) in [6.07, 6.45) is 15.9. The summed E-state index contributed by atoms with van der Waals surface area (Å²) in [6.45, 7) is 11.6. The van der Waals surface area contributed by atoms with Crippen LogP contribution in [0.15, 0.2) is 18.3 Å². The summed E-state index contributed by atoms with van der Waals surface area (Å²) in [4.78, 5) is 4.69. The second-order valence-electron chi connectivity index (χ2n) is 14.5. The van der Waals surface area contributed by atoms with E-state index >= 15 is 0 Å². The molecule has 5 aliphatic carbocycles. The van der Waals surface area contributed by atoms with Crippen LogP contribution in [0.5, 0.6) is 0 Å². The van der Waals surface area contributed by atoms with E-state index < -0.39 is 5.60 Å². The standard InChI is InChI=1S/C32H49NO2/c1-20(9-12-27-26(29(2,3)34)8-7-17-33-27)23-10-11-24-22-18-28(35-6)32-19-21(32)13-16-31(32,5)25(22)14-15-30(23,24)4/h7-8,17,20-25,28,34H,9-16,18-19H2,1-6H3/t20?,21-,22+,23-,24+,25+,28?,30-,31-,32+/m1/s1. The fourth-order valence-electron chi connectivity index (χ4n) is 11.3. The van der Waals surface area contributed by atoms with Crippen LogP contribution in [0.25, 0.3) is 0 Å². The van der Waals surface area contributed by atoms with Crippen molar-refractivity contribution < 1.29 is 9.84 Å². The summed E-state index contributed by atoms with van der Waals surface area (Å²) in [7, 11) is 2.01. The van der Waals surface area contributed by atoms with Crippen LogP contribution >= 0.6 is 0 Å². The first kappa shape index (κ1) is 24.4. The molecule has 5 saturated carbocycles. The largest absolute Gasteiger partial charge is 0.386 e. The molecule has 1 aromatic heterocycles. The number of nitrogens with zero attached hydrogens (tertiary/aromatic N) is 1. The maximum atomic E-state index is 10.7. The number of aromatic nitrogens is 1. The van der Waals surface area contributed by atoms with Crippen molar-refractivity contribution in [2.24, 2.45) is 51.8 Å². The lowest BCUT2D eigenvalue weighted by Gasteiger charge is -2.61. The maximum absolute atomic E-state index is 10.7. The van der Waals surface area contributed by atoms with E-state index in [1.165, 1.54) is 57.8 Å². The molecule has 1 heterocycles. The minimum Gasteiger partial charge on any atom is -0.386 e. The maximum Gasteiger partial charge on any atom is 0.0858 e. The van der Waals surface area contributed by atoms with Gasteiger partial charge in [-0.25, -0.2) is 0 Å². The van der Waals surface area contributed by atoms with Crippen LogP contribution in [-0.2, 0) is 16.8 Å². The number of hydrogen-bond donors (Lipinski definition) is 1. The Kier molecular flexibility index (Phi) is 5.60. The molecular weight excluding hydrogens is 430 g/mol. The topological polar surface area (TPSA) is 42.4 Å².